The Bertz CT molecular complexity index is 614. The van der Waals surface area contributed by atoms with Crippen LogP contribution in [0, 0.1) is 0 Å². The predicted molar refractivity (Wildman–Crippen MR) is 77.0 cm³/mol. The predicted octanol–water partition coefficient (Wildman–Crippen LogP) is 3.02. The number of aliphatic hydroxyl groups excluding tert-OH is 1. The summed E-state index contributed by atoms with van der Waals surface area (Å²) in [5, 5.41) is 14.2. The molecule has 0 spiro atoms. The summed E-state index contributed by atoms with van der Waals surface area (Å²) in [5.74, 6) is 0. The zero-order valence-corrected chi connectivity index (χ0v) is 11.3. The van der Waals surface area contributed by atoms with Crippen molar-refractivity contribution in [1.82, 2.24) is 9.78 Å². The largest absolute Gasteiger partial charge is 0.394 e. The van der Waals surface area contributed by atoms with Crippen LogP contribution in [0.4, 0.5) is 0 Å². The van der Waals surface area contributed by atoms with Gasteiger partial charge in [0.05, 0.1) is 25.0 Å². The lowest BCUT2D eigenvalue weighted by molar-refractivity contribution is 0.269. The van der Waals surface area contributed by atoms with Gasteiger partial charge in [0.25, 0.3) is 0 Å². The minimum Gasteiger partial charge on any atom is -0.394 e. The standard InChI is InChI=1S/C15H15ClN2O/c16-14-5-1-11(2-6-14)9-12-3-4-13-10-17-18(7-8-19)15(12)13/h1-2,5-6,9-10,19H,3-4,7-8H2. The summed E-state index contributed by atoms with van der Waals surface area (Å²) >= 11 is 5.90. The number of hydrogen-bond acceptors (Lipinski definition) is 2. The first kappa shape index (κ1) is 12.5. The molecule has 4 heteroatoms. The van der Waals surface area contributed by atoms with Gasteiger partial charge in [0.1, 0.15) is 0 Å². The van der Waals surface area contributed by atoms with Crippen molar-refractivity contribution in [1.29, 1.82) is 0 Å². The molecule has 0 saturated heterocycles. The van der Waals surface area contributed by atoms with Gasteiger partial charge >= 0.3 is 0 Å². The first-order valence-electron chi connectivity index (χ1n) is 6.40. The monoisotopic (exact) mass is 274 g/mol. The summed E-state index contributed by atoms with van der Waals surface area (Å²) in [4.78, 5) is 0. The highest BCUT2D eigenvalue weighted by Crippen LogP contribution is 2.33. The Morgan fingerprint density at radius 2 is 2.05 bits per heavy atom. The Morgan fingerprint density at radius 3 is 2.79 bits per heavy atom. The third-order valence-corrected chi connectivity index (χ3v) is 3.66. The molecule has 3 nitrogen and oxygen atoms in total. The van der Waals surface area contributed by atoms with E-state index in [0.717, 1.165) is 23.4 Å². The van der Waals surface area contributed by atoms with Crippen LogP contribution in [-0.2, 0) is 13.0 Å². The highest BCUT2D eigenvalue weighted by molar-refractivity contribution is 6.30. The lowest BCUT2D eigenvalue weighted by Gasteiger charge is -2.06. The molecule has 19 heavy (non-hydrogen) atoms. The molecular formula is C15H15ClN2O. The Hall–Kier alpha value is -1.58. The second-order valence-corrected chi connectivity index (χ2v) is 5.12. The van der Waals surface area contributed by atoms with Gasteiger partial charge in [-0.05, 0) is 47.8 Å². The van der Waals surface area contributed by atoms with Crippen LogP contribution in [-0.4, -0.2) is 21.5 Å². The number of benzene rings is 1. The SMILES string of the molecule is OCCn1ncc2c1C(=Cc1ccc(Cl)cc1)CC2. The van der Waals surface area contributed by atoms with E-state index >= 15 is 0 Å². The summed E-state index contributed by atoms with van der Waals surface area (Å²) in [6.07, 6.45) is 6.15. The molecule has 98 valence electrons. The smallest absolute Gasteiger partial charge is 0.0675 e. The van der Waals surface area contributed by atoms with Gasteiger partial charge in [0.2, 0.25) is 0 Å². The van der Waals surface area contributed by atoms with Gasteiger partial charge in [0, 0.05) is 5.02 Å². The van der Waals surface area contributed by atoms with Crippen molar-refractivity contribution in [2.75, 3.05) is 6.61 Å². The second-order valence-electron chi connectivity index (χ2n) is 4.69. The fourth-order valence-electron chi connectivity index (χ4n) is 2.53. The maximum atomic E-state index is 9.08. The number of hydrogen-bond donors (Lipinski definition) is 1. The zero-order valence-electron chi connectivity index (χ0n) is 10.5. The number of allylic oxidation sites excluding steroid dienone is 1. The van der Waals surface area contributed by atoms with Gasteiger partial charge in [-0.15, -0.1) is 0 Å². The maximum Gasteiger partial charge on any atom is 0.0675 e. The maximum absolute atomic E-state index is 9.08. The molecule has 2 aromatic rings. The summed E-state index contributed by atoms with van der Waals surface area (Å²) in [7, 11) is 0. The molecule has 1 N–H and O–H groups in total. The molecule has 0 aliphatic heterocycles. The molecule has 1 aromatic carbocycles. The van der Waals surface area contributed by atoms with Crippen LogP contribution in [0.2, 0.25) is 5.02 Å². The minimum absolute atomic E-state index is 0.113. The van der Waals surface area contributed by atoms with Gasteiger partial charge in [-0.3, -0.25) is 4.68 Å². The highest BCUT2D eigenvalue weighted by atomic mass is 35.5. The number of nitrogens with zero attached hydrogens (tertiary/aromatic N) is 2. The fraction of sp³-hybridized carbons (Fsp3) is 0.267. The molecule has 1 heterocycles. The molecule has 0 bridgehead atoms. The van der Waals surface area contributed by atoms with E-state index in [2.05, 4.69) is 11.2 Å². The van der Waals surface area contributed by atoms with E-state index in [4.69, 9.17) is 16.7 Å². The van der Waals surface area contributed by atoms with Crippen LogP contribution in [0.15, 0.2) is 30.5 Å². The highest BCUT2D eigenvalue weighted by Gasteiger charge is 2.21. The van der Waals surface area contributed by atoms with Crippen molar-refractivity contribution in [2.24, 2.45) is 0 Å². The van der Waals surface area contributed by atoms with Crippen LogP contribution in [0.1, 0.15) is 23.2 Å². The van der Waals surface area contributed by atoms with Gasteiger partial charge in [0.15, 0.2) is 0 Å². The molecule has 3 rings (SSSR count). The first-order valence-corrected chi connectivity index (χ1v) is 6.78. The van der Waals surface area contributed by atoms with E-state index in [0.29, 0.717) is 6.54 Å². The molecule has 0 saturated carbocycles. The Labute approximate surface area is 117 Å². The molecule has 1 aliphatic carbocycles. The number of fused-ring (bicyclic) bond motifs is 1. The third kappa shape index (κ3) is 2.44. The molecule has 0 unspecified atom stereocenters. The molecule has 0 fully saturated rings. The molecule has 1 aromatic heterocycles. The Kier molecular flexibility index (Phi) is 3.40. The van der Waals surface area contributed by atoms with E-state index in [1.54, 1.807) is 0 Å². The van der Waals surface area contributed by atoms with E-state index < -0.39 is 0 Å². The van der Waals surface area contributed by atoms with E-state index in [-0.39, 0.29) is 6.61 Å². The van der Waals surface area contributed by atoms with Crippen molar-refractivity contribution in [3.8, 4) is 0 Å². The number of aromatic nitrogens is 2. The van der Waals surface area contributed by atoms with Crippen LogP contribution in [0.5, 0.6) is 0 Å². The summed E-state index contributed by atoms with van der Waals surface area (Å²) in [6, 6.07) is 7.82. The third-order valence-electron chi connectivity index (χ3n) is 3.41. The zero-order chi connectivity index (χ0) is 13.2. The molecule has 0 amide bonds. The topological polar surface area (TPSA) is 38.0 Å². The molecule has 0 atom stereocenters. The number of aliphatic hydroxyl groups is 1. The Balaban J connectivity index is 1.96. The van der Waals surface area contributed by atoms with Gasteiger partial charge in [-0.25, -0.2) is 0 Å². The number of aryl methyl sites for hydroxylation is 1. The van der Waals surface area contributed by atoms with Gasteiger partial charge in [-0.1, -0.05) is 23.7 Å². The summed E-state index contributed by atoms with van der Waals surface area (Å²) in [5.41, 5.74) is 4.87. The average Bonchev–Trinajstić information content (AvgIpc) is 2.97. The second kappa shape index (κ2) is 5.19. The van der Waals surface area contributed by atoms with Crippen molar-refractivity contribution in [2.45, 2.75) is 19.4 Å². The lowest BCUT2D eigenvalue weighted by atomic mass is 10.1. The summed E-state index contributed by atoms with van der Waals surface area (Å²) < 4.78 is 1.89. The summed E-state index contributed by atoms with van der Waals surface area (Å²) in [6.45, 7) is 0.662. The van der Waals surface area contributed by atoms with Crippen molar-refractivity contribution < 1.29 is 5.11 Å². The molecular weight excluding hydrogens is 260 g/mol. The van der Waals surface area contributed by atoms with Crippen LogP contribution >= 0.6 is 11.6 Å². The lowest BCUT2D eigenvalue weighted by Crippen LogP contribution is -2.06. The van der Waals surface area contributed by atoms with Crippen LogP contribution in [0.3, 0.4) is 0 Å². The van der Waals surface area contributed by atoms with Gasteiger partial charge < -0.3 is 5.11 Å². The van der Waals surface area contributed by atoms with Crippen LogP contribution < -0.4 is 0 Å². The van der Waals surface area contributed by atoms with E-state index in [1.807, 2.05) is 35.1 Å². The van der Waals surface area contributed by atoms with Gasteiger partial charge in [-0.2, -0.15) is 5.10 Å². The van der Waals surface area contributed by atoms with E-state index in [9.17, 15) is 0 Å². The minimum atomic E-state index is 0.113. The van der Waals surface area contributed by atoms with Crippen molar-refractivity contribution in [3.05, 3.63) is 52.3 Å². The quantitative estimate of drug-likeness (QED) is 0.934. The fourth-order valence-corrected chi connectivity index (χ4v) is 2.66. The molecule has 0 radical (unpaired) electrons. The normalized spacial score (nSPS) is 16.0. The molecule has 1 aliphatic rings. The number of halogens is 1. The van der Waals surface area contributed by atoms with E-state index in [1.165, 1.54) is 16.8 Å². The average molecular weight is 275 g/mol. The first-order chi connectivity index (χ1) is 9.28. The van der Waals surface area contributed by atoms with Crippen molar-refractivity contribution >= 4 is 23.3 Å². The van der Waals surface area contributed by atoms with Crippen LogP contribution in [0.25, 0.3) is 11.6 Å². The Morgan fingerprint density at radius 1 is 1.26 bits per heavy atom. The number of rotatable bonds is 3. The van der Waals surface area contributed by atoms with Crippen molar-refractivity contribution in [3.63, 3.8) is 0 Å².